The summed E-state index contributed by atoms with van der Waals surface area (Å²) in [6, 6.07) is 5.42. The third kappa shape index (κ3) is 3.41. The monoisotopic (exact) mass is 382 g/mol. The van der Waals surface area contributed by atoms with Gasteiger partial charge >= 0.3 is 0 Å². The van der Waals surface area contributed by atoms with E-state index >= 15 is 0 Å². The molecule has 1 aliphatic rings. The van der Waals surface area contributed by atoms with Crippen LogP contribution in [0, 0.1) is 6.92 Å². The molecule has 1 atom stereocenters. The molecule has 0 bridgehead atoms. The number of hydrogen-bond acceptors (Lipinski definition) is 8. The number of nitrogens with one attached hydrogen (secondary N) is 1. The Labute approximate surface area is 161 Å². The van der Waals surface area contributed by atoms with Gasteiger partial charge in [0.15, 0.2) is 5.65 Å². The third-order valence-electron chi connectivity index (χ3n) is 4.70. The van der Waals surface area contributed by atoms with Gasteiger partial charge in [-0.25, -0.2) is 9.97 Å². The minimum atomic E-state index is -0.621. The number of pyridine rings is 1. The zero-order valence-electron chi connectivity index (χ0n) is 15.5. The van der Waals surface area contributed by atoms with E-state index in [0.29, 0.717) is 23.8 Å². The molecule has 10 nitrogen and oxygen atoms in total. The smallest absolute Gasteiger partial charge is 0.254 e. The molecule has 6 N–H and O–H groups in total. The van der Waals surface area contributed by atoms with E-state index in [1.807, 2.05) is 19.1 Å². The van der Waals surface area contributed by atoms with Crippen molar-refractivity contribution >= 4 is 34.7 Å². The van der Waals surface area contributed by atoms with Gasteiger partial charge in [0.1, 0.15) is 23.0 Å². The van der Waals surface area contributed by atoms with Gasteiger partial charge in [-0.1, -0.05) is 0 Å². The summed E-state index contributed by atoms with van der Waals surface area (Å²) in [6.45, 7) is 3.31. The Balaban J connectivity index is 1.67. The standard InChI is InChI=1S/C18H22N8O2/c1-10-5-11(6-16(22-10)25-4-2-3-12(27)9-25)23-15-7-14(19)26-18(24-15)13(8-21-26)17(20)28/h5-8,12,27H,2-4,9,19H2,1H3,(H2,20,28)(H,22,23,24)/t12-/m0/s1. The van der Waals surface area contributed by atoms with E-state index in [-0.39, 0.29) is 11.7 Å². The number of hydrogen-bond donors (Lipinski definition) is 4. The number of fused-ring (bicyclic) bond motifs is 1. The molecule has 1 amide bonds. The molecule has 0 aliphatic carbocycles. The van der Waals surface area contributed by atoms with E-state index in [1.165, 1.54) is 10.7 Å². The van der Waals surface area contributed by atoms with Gasteiger partial charge in [0, 0.05) is 36.6 Å². The van der Waals surface area contributed by atoms with Crippen LogP contribution in [0.4, 0.5) is 23.1 Å². The van der Waals surface area contributed by atoms with Gasteiger partial charge in [0.2, 0.25) is 0 Å². The van der Waals surface area contributed by atoms with Crippen molar-refractivity contribution < 1.29 is 9.90 Å². The van der Waals surface area contributed by atoms with Crippen LogP contribution in [0.25, 0.3) is 5.65 Å². The second-order valence-electron chi connectivity index (χ2n) is 6.95. The lowest BCUT2D eigenvalue weighted by atomic mass is 10.1. The Kier molecular flexibility index (Phi) is 4.47. The van der Waals surface area contributed by atoms with E-state index in [0.717, 1.165) is 36.6 Å². The first-order valence-electron chi connectivity index (χ1n) is 9.03. The number of rotatable bonds is 4. The first-order valence-corrected chi connectivity index (χ1v) is 9.03. The number of piperidine rings is 1. The SMILES string of the molecule is Cc1cc(Nc2cc(N)n3ncc(C(N)=O)c3n2)cc(N2CCC[C@H](O)C2)n1. The van der Waals surface area contributed by atoms with Crippen molar-refractivity contribution in [1.82, 2.24) is 19.6 Å². The van der Waals surface area contributed by atoms with Crippen LogP contribution in [0.1, 0.15) is 28.9 Å². The Morgan fingerprint density at radius 1 is 1.32 bits per heavy atom. The maximum Gasteiger partial charge on any atom is 0.254 e. The van der Waals surface area contributed by atoms with Crippen LogP contribution in [-0.2, 0) is 0 Å². The number of aliphatic hydroxyl groups excluding tert-OH is 1. The van der Waals surface area contributed by atoms with E-state index in [2.05, 4.69) is 25.3 Å². The highest BCUT2D eigenvalue weighted by atomic mass is 16.3. The molecular formula is C18H22N8O2. The van der Waals surface area contributed by atoms with Crippen molar-refractivity contribution in [2.24, 2.45) is 5.73 Å². The Hall–Kier alpha value is -3.40. The topological polar surface area (TPSA) is 148 Å². The fourth-order valence-electron chi connectivity index (χ4n) is 3.42. The van der Waals surface area contributed by atoms with Crippen LogP contribution in [-0.4, -0.2) is 49.8 Å². The number of nitrogen functional groups attached to an aromatic ring is 1. The van der Waals surface area contributed by atoms with E-state index < -0.39 is 5.91 Å². The van der Waals surface area contributed by atoms with Gasteiger partial charge in [-0.15, -0.1) is 0 Å². The van der Waals surface area contributed by atoms with Crippen LogP contribution >= 0.6 is 0 Å². The molecule has 1 aliphatic heterocycles. The average Bonchev–Trinajstić information content (AvgIpc) is 3.06. The summed E-state index contributed by atoms with van der Waals surface area (Å²) in [5.74, 6) is 0.954. The minimum absolute atomic E-state index is 0.198. The third-order valence-corrected chi connectivity index (χ3v) is 4.70. The van der Waals surface area contributed by atoms with Crippen LogP contribution in [0.2, 0.25) is 0 Å². The lowest BCUT2D eigenvalue weighted by molar-refractivity contribution is 0.100. The van der Waals surface area contributed by atoms with Gasteiger partial charge in [0.25, 0.3) is 5.91 Å². The van der Waals surface area contributed by atoms with Gasteiger partial charge in [-0.05, 0) is 25.8 Å². The molecule has 1 fully saturated rings. The fourth-order valence-corrected chi connectivity index (χ4v) is 3.42. The molecule has 4 rings (SSSR count). The summed E-state index contributed by atoms with van der Waals surface area (Å²) in [6.07, 6.45) is 2.74. The number of carbonyl (C=O) groups excluding carboxylic acids is 1. The number of anilines is 4. The van der Waals surface area contributed by atoms with Crippen molar-refractivity contribution in [3.05, 3.63) is 35.7 Å². The largest absolute Gasteiger partial charge is 0.391 e. The number of aromatic nitrogens is 4. The van der Waals surface area contributed by atoms with Gasteiger partial charge in [-0.2, -0.15) is 9.61 Å². The number of aliphatic hydroxyl groups is 1. The molecule has 0 aromatic carbocycles. The van der Waals surface area contributed by atoms with E-state index in [1.54, 1.807) is 6.07 Å². The van der Waals surface area contributed by atoms with Crippen molar-refractivity contribution in [1.29, 1.82) is 0 Å². The highest BCUT2D eigenvalue weighted by Gasteiger charge is 2.20. The number of aryl methyl sites for hydroxylation is 1. The normalized spacial score (nSPS) is 17.1. The molecule has 4 heterocycles. The number of primary amides is 1. The number of nitrogens with two attached hydrogens (primary N) is 2. The molecule has 0 saturated carbocycles. The van der Waals surface area contributed by atoms with Gasteiger partial charge in [-0.3, -0.25) is 4.79 Å². The predicted octanol–water partition coefficient (Wildman–Crippen LogP) is 0.819. The maximum atomic E-state index is 11.6. The van der Waals surface area contributed by atoms with E-state index in [4.69, 9.17) is 11.5 Å². The van der Waals surface area contributed by atoms with Crippen LogP contribution in [0.5, 0.6) is 0 Å². The van der Waals surface area contributed by atoms with Crippen LogP contribution < -0.4 is 21.7 Å². The predicted molar refractivity (Wildman–Crippen MR) is 106 cm³/mol. The average molecular weight is 382 g/mol. The molecule has 0 unspecified atom stereocenters. The molecule has 1 saturated heterocycles. The van der Waals surface area contributed by atoms with Crippen molar-refractivity contribution in [2.45, 2.75) is 25.9 Å². The summed E-state index contributed by atoms with van der Waals surface area (Å²) in [4.78, 5) is 22.7. The maximum absolute atomic E-state index is 11.6. The van der Waals surface area contributed by atoms with Crippen LogP contribution in [0.3, 0.4) is 0 Å². The number of carbonyl (C=O) groups is 1. The number of amides is 1. The molecule has 10 heteroatoms. The highest BCUT2D eigenvalue weighted by Crippen LogP contribution is 2.25. The summed E-state index contributed by atoms with van der Waals surface area (Å²) in [5.41, 5.74) is 13.5. The van der Waals surface area contributed by atoms with Crippen LogP contribution in [0.15, 0.2) is 24.4 Å². The number of β-amino-alcohol motifs (C(OH)–C–C–N with tert-alkyl or cyclic N) is 1. The van der Waals surface area contributed by atoms with Gasteiger partial charge in [0.05, 0.1) is 12.3 Å². The number of nitrogens with zero attached hydrogens (tertiary/aromatic N) is 5. The summed E-state index contributed by atoms with van der Waals surface area (Å²) in [7, 11) is 0. The summed E-state index contributed by atoms with van der Waals surface area (Å²) >= 11 is 0. The first-order chi connectivity index (χ1) is 13.4. The molecular weight excluding hydrogens is 360 g/mol. The van der Waals surface area contributed by atoms with Gasteiger partial charge < -0.3 is 26.8 Å². The quantitative estimate of drug-likeness (QED) is 0.518. The van der Waals surface area contributed by atoms with Crippen molar-refractivity contribution in [2.75, 3.05) is 29.0 Å². The Morgan fingerprint density at radius 3 is 2.89 bits per heavy atom. The molecule has 146 valence electrons. The van der Waals surface area contributed by atoms with E-state index in [9.17, 15) is 9.90 Å². The van der Waals surface area contributed by atoms with Crippen molar-refractivity contribution in [3.8, 4) is 0 Å². The first kappa shape index (κ1) is 18.0. The summed E-state index contributed by atoms with van der Waals surface area (Å²) < 4.78 is 1.36. The minimum Gasteiger partial charge on any atom is -0.391 e. The molecule has 0 spiro atoms. The zero-order valence-corrected chi connectivity index (χ0v) is 15.5. The summed E-state index contributed by atoms with van der Waals surface area (Å²) in [5, 5.41) is 17.2. The fraction of sp³-hybridized carbons (Fsp3) is 0.333. The lowest BCUT2D eigenvalue weighted by Crippen LogP contribution is -2.38. The highest BCUT2D eigenvalue weighted by molar-refractivity contribution is 5.98. The molecule has 28 heavy (non-hydrogen) atoms. The Morgan fingerprint density at radius 2 is 2.14 bits per heavy atom. The Bertz CT molecular complexity index is 1050. The second-order valence-corrected chi connectivity index (χ2v) is 6.95. The van der Waals surface area contributed by atoms with Crippen molar-refractivity contribution in [3.63, 3.8) is 0 Å². The molecule has 3 aromatic rings. The lowest BCUT2D eigenvalue weighted by Gasteiger charge is -2.31. The molecule has 0 radical (unpaired) electrons. The zero-order chi connectivity index (χ0) is 19.8. The molecule has 3 aromatic heterocycles. The second kappa shape index (κ2) is 6.97.